The Bertz CT molecular complexity index is 705. The summed E-state index contributed by atoms with van der Waals surface area (Å²) in [6, 6.07) is 0.0189. The van der Waals surface area contributed by atoms with Crippen LogP contribution in [0.25, 0.3) is 0 Å². The Morgan fingerprint density at radius 1 is 1.45 bits per heavy atom. The first-order valence-corrected chi connectivity index (χ1v) is 7.82. The molecule has 3 heterocycles. The third-order valence-corrected chi connectivity index (χ3v) is 4.61. The van der Waals surface area contributed by atoms with E-state index in [0.717, 1.165) is 36.2 Å². The van der Waals surface area contributed by atoms with Gasteiger partial charge in [-0.2, -0.15) is 10.2 Å². The highest BCUT2D eigenvalue weighted by Crippen LogP contribution is 2.37. The summed E-state index contributed by atoms with van der Waals surface area (Å²) in [4.78, 5) is 14.5. The lowest BCUT2D eigenvalue weighted by Crippen LogP contribution is -2.33. The number of hydrogen-bond acceptors (Lipinski definition) is 3. The fourth-order valence-corrected chi connectivity index (χ4v) is 3.47. The predicted molar refractivity (Wildman–Crippen MR) is 83.6 cm³/mol. The molecule has 1 amide bonds. The van der Waals surface area contributed by atoms with Crippen LogP contribution in [0, 0.1) is 13.8 Å². The molecule has 22 heavy (non-hydrogen) atoms. The Balaban J connectivity index is 1.82. The van der Waals surface area contributed by atoms with Crippen LogP contribution in [0.3, 0.4) is 0 Å². The summed E-state index contributed by atoms with van der Waals surface area (Å²) in [5.41, 5.74) is 2.93. The summed E-state index contributed by atoms with van der Waals surface area (Å²) >= 11 is 6.37. The van der Waals surface area contributed by atoms with Crippen molar-refractivity contribution in [2.75, 3.05) is 6.54 Å². The van der Waals surface area contributed by atoms with Gasteiger partial charge >= 0.3 is 0 Å². The number of carbonyl (C=O) groups is 1. The Morgan fingerprint density at radius 3 is 2.82 bits per heavy atom. The van der Waals surface area contributed by atoms with E-state index in [0.29, 0.717) is 5.15 Å². The molecule has 0 aliphatic carbocycles. The minimum Gasteiger partial charge on any atom is -0.334 e. The summed E-state index contributed by atoms with van der Waals surface area (Å²) < 4.78 is 3.36. The van der Waals surface area contributed by atoms with Crippen LogP contribution in [-0.4, -0.2) is 36.9 Å². The van der Waals surface area contributed by atoms with Crippen molar-refractivity contribution < 1.29 is 4.79 Å². The number of nitrogens with zero attached hydrogens (tertiary/aromatic N) is 5. The van der Waals surface area contributed by atoms with Crippen LogP contribution in [0.1, 0.15) is 35.7 Å². The van der Waals surface area contributed by atoms with Gasteiger partial charge in [-0.05, 0) is 32.3 Å². The molecule has 1 aliphatic heterocycles. The second-order valence-electron chi connectivity index (χ2n) is 5.87. The first-order chi connectivity index (χ1) is 10.5. The Labute approximate surface area is 134 Å². The minimum absolute atomic E-state index is 0.0189. The standard InChI is InChI=1S/C15H20ClN5O/c1-10-7-17-20(8-10)9-13(22)21-6-4-5-12(21)14-11(2)18-19(3)15(14)16/h7-8,12H,4-6,9H2,1-3H3. The van der Waals surface area contributed by atoms with Crippen LogP contribution in [0.2, 0.25) is 5.15 Å². The van der Waals surface area contributed by atoms with Crippen molar-refractivity contribution in [2.45, 2.75) is 39.3 Å². The van der Waals surface area contributed by atoms with Crippen LogP contribution in [0.5, 0.6) is 0 Å². The zero-order chi connectivity index (χ0) is 15.9. The van der Waals surface area contributed by atoms with Gasteiger partial charge in [0.2, 0.25) is 5.91 Å². The summed E-state index contributed by atoms with van der Waals surface area (Å²) in [7, 11) is 1.83. The fourth-order valence-electron chi connectivity index (χ4n) is 3.17. The van der Waals surface area contributed by atoms with Gasteiger partial charge < -0.3 is 4.90 Å². The van der Waals surface area contributed by atoms with Crippen molar-refractivity contribution in [1.82, 2.24) is 24.5 Å². The molecule has 0 aromatic carbocycles. The van der Waals surface area contributed by atoms with Gasteiger partial charge in [0.15, 0.2) is 0 Å². The van der Waals surface area contributed by atoms with E-state index in [4.69, 9.17) is 11.6 Å². The minimum atomic E-state index is 0.0189. The molecule has 118 valence electrons. The van der Waals surface area contributed by atoms with Crippen LogP contribution >= 0.6 is 11.6 Å². The van der Waals surface area contributed by atoms with Gasteiger partial charge in [-0.1, -0.05) is 11.6 Å². The number of aromatic nitrogens is 4. The predicted octanol–water partition coefficient (Wildman–Crippen LogP) is 2.25. The second kappa shape index (κ2) is 5.76. The molecule has 0 saturated carbocycles. The van der Waals surface area contributed by atoms with Crippen molar-refractivity contribution in [3.63, 3.8) is 0 Å². The average molecular weight is 322 g/mol. The summed E-state index contributed by atoms with van der Waals surface area (Å²) in [5, 5.41) is 9.18. The normalized spacial score (nSPS) is 18.2. The number of rotatable bonds is 3. The molecule has 1 saturated heterocycles. The van der Waals surface area contributed by atoms with E-state index in [1.54, 1.807) is 15.6 Å². The molecule has 0 spiro atoms. The third-order valence-electron chi connectivity index (χ3n) is 4.16. The number of amides is 1. The molecular formula is C15H20ClN5O. The van der Waals surface area contributed by atoms with E-state index in [9.17, 15) is 4.79 Å². The highest BCUT2D eigenvalue weighted by Gasteiger charge is 2.34. The van der Waals surface area contributed by atoms with Gasteiger partial charge in [-0.25, -0.2) is 0 Å². The van der Waals surface area contributed by atoms with Crippen molar-refractivity contribution in [3.8, 4) is 0 Å². The number of likely N-dealkylation sites (tertiary alicyclic amines) is 1. The van der Waals surface area contributed by atoms with Crippen LogP contribution < -0.4 is 0 Å². The molecule has 7 heteroatoms. The van der Waals surface area contributed by atoms with Gasteiger partial charge in [0.1, 0.15) is 11.7 Å². The molecule has 1 atom stereocenters. The van der Waals surface area contributed by atoms with E-state index >= 15 is 0 Å². The maximum Gasteiger partial charge on any atom is 0.244 e. The quantitative estimate of drug-likeness (QED) is 0.871. The molecule has 3 rings (SSSR count). The Kier molecular flexibility index (Phi) is 3.95. The maximum absolute atomic E-state index is 12.6. The maximum atomic E-state index is 12.6. The van der Waals surface area contributed by atoms with Crippen molar-refractivity contribution in [1.29, 1.82) is 0 Å². The SMILES string of the molecule is Cc1cnn(CC(=O)N2CCCC2c2c(C)nn(C)c2Cl)c1. The summed E-state index contributed by atoms with van der Waals surface area (Å²) in [6.45, 7) is 4.93. The van der Waals surface area contributed by atoms with Crippen LogP contribution in [0.15, 0.2) is 12.4 Å². The van der Waals surface area contributed by atoms with E-state index in [2.05, 4.69) is 10.2 Å². The molecule has 1 fully saturated rings. The van der Waals surface area contributed by atoms with E-state index in [1.165, 1.54) is 0 Å². The van der Waals surface area contributed by atoms with Crippen molar-refractivity contribution in [2.24, 2.45) is 7.05 Å². The second-order valence-corrected chi connectivity index (χ2v) is 6.23. The Morgan fingerprint density at radius 2 is 2.23 bits per heavy atom. The highest BCUT2D eigenvalue weighted by molar-refractivity contribution is 6.30. The first kappa shape index (κ1) is 15.1. The molecule has 6 nitrogen and oxygen atoms in total. The lowest BCUT2D eigenvalue weighted by Gasteiger charge is -2.25. The molecule has 2 aromatic rings. The van der Waals surface area contributed by atoms with Gasteiger partial charge in [0, 0.05) is 25.4 Å². The highest BCUT2D eigenvalue weighted by atomic mass is 35.5. The summed E-state index contributed by atoms with van der Waals surface area (Å²) in [6.07, 6.45) is 5.55. The zero-order valence-electron chi connectivity index (χ0n) is 13.1. The van der Waals surface area contributed by atoms with Gasteiger partial charge in [0.25, 0.3) is 0 Å². The number of hydrogen-bond donors (Lipinski definition) is 0. The van der Waals surface area contributed by atoms with E-state index in [-0.39, 0.29) is 18.5 Å². The number of carbonyl (C=O) groups excluding carboxylic acids is 1. The van der Waals surface area contributed by atoms with Gasteiger partial charge in [-0.3, -0.25) is 14.2 Å². The van der Waals surface area contributed by atoms with Crippen LogP contribution in [-0.2, 0) is 18.4 Å². The van der Waals surface area contributed by atoms with Crippen molar-refractivity contribution in [3.05, 3.63) is 34.4 Å². The molecule has 1 aliphatic rings. The third kappa shape index (κ3) is 2.63. The summed E-state index contributed by atoms with van der Waals surface area (Å²) in [5.74, 6) is 0.0740. The molecule has 1 unspecified atom stereocenters. The number of halogens is 1. The zero-order valence-corrected chi connectivity index (χ0v) is 13.8. The average Bonchev–Trinajstić information content (AvgIpc) is 3.12. The van der Waals surface area contributed by atoms with Gasteiger partial charge in [-0.15, -0.1) is 0 Å². The van der Waals surface area contributed by atoms with E-state index in [1.807, 2.05) is 32.0 Å². The lowest BCUT2D eigenvalue weighted by atomic mass is 10.1. The van der Waals surface area contributed by atoms with Crippen LogP contribution in [0.4, 0.5) is 0 Å². The smallest absolute Gasteiger partial charge is 0.244 e. The molecular weight excluding hydrogens is 302 g/mol. The first-order valence-electron chi connectivity index (χ1n) is 7.45. The molecule has 2 aromatic heterocycles. The van der Waals surface area contributed by atoms with E-state index < -0.39 is 0 Å². The fraction of sp³-hybridized carbons (Fsp3) is 0.533. The lowest BCUT2D eigenvalue weighted by molar-refractivity contribution is -0.133. The van der Waals surface area contributed by atoms with Crippen molar-refractivity contribution >= 4 is 17.5 Å². The monoisotopic (exact) mass is 321 g/mol. The van der Waals surface area contributed by atoms with Gasteiger partial charge in [0.05, 0.1) is 17.9 Å². The molecule has 0 N–H and O–H groups in total. The largest absolute Gasteiger partial charge is 0.334 e. The topological polar surface area (TPSA) is 56.0 Å². The molecule has 0 radical (unpaired) electrons. The number of aryl methyl sites for hydroxylation is 3. The Hall–Kier alpha value is -1.82. The molecule has 0 bridgehead atoms.